The fraction of sp³-hybridized carbons (Fsp3) is 0.462. The van der Waals surface area contributed by atoms with Gasteiger partial charge in [0.25, 0.3) is 0 Å². The lowest BCUT2D eigenvalue weighted by atomic mass is 9.79. The van der Waals surface area contributed by atoms with Gasteiger partial charge in [-0.25, -0.2) is 8.42 Å². The summed E-state index contributed by atoms with van der Waals surface area (Å²) in [4.78, 5) is 0. The van der Waals surface area contributed by atoms with E-state index in [1.807, 2.05) is 24.3 Å². The Morgan fingerprint density at radius 1 is 1.44 bits per heavy atom. The number of benzene rings is 1. The van der Waals surface area contributed by atoms with E-state index in [1.165, 1.54) is 6.26 Å². The number of nitriles is 1. The van der Waals surface area contributed by atoms with Crippen LogP contribution in [0.15, 0.2) is 24.3 Å². The number of ether oxygens (including phenoxy) is 1. The fourth-order valence-corrected chi connectivity index (χ4v) is 2.85. The Hall–Kier alpha value is -1.54. The van der Waals surface area contributed by atoms with Crippen molar-refractivity contribution in [1.29, 1.82) is 5.26 Å². The molecule has 1 unspecified atom stereocenters. The van der Waals surface area contributed by atoms with Crippen molar-refractivity contribution in [3.8, 4) is 11.8 Å². The molecule has 0 aromatic heterocycles. The molecule has 1 aromatic rings. The second-order valence-corrected chi connectivity index (χ2v) is 7.10. The quantitative estimate of drug-likeness (QED) is 0.832. The zero-order valence-electron chi connectivity index (χ0n) is 10.2. The van der Waals surface area contributed by atoms with Gasteiger partial charge in [-0.05, 0) is 24.5 Å². The van der Waals surface area contributed by atoms with Gasteiger partial charge in [0.05, 0.1) is 17.2 Å². The third-order valence-electron chi connectivity index (χ3n) is 3.19. The van der Waals surface area contributed by atoms with E-state index >= 15 is 0 Å². The minimum Gasteiger partial charge on any atom is -0.492 e. The molecule has 0 amide bonds. The molecule has 1 aliphatic heterocycles. The molecular weight excluding hydrogens is 250 g/mol. The molecule has 1 aromatic carbocycles. The van der Waals surface area contributed by atoms with Crippen LogP contribution in [0.25, 0.3) is 0 Å². The second-order valence-electron chi connectivity index (χ2n) is 4.85. The Bertz CT molecular complexity index is 588. The third kappa shape index (κ3) is 2.82. The Morgan fingerprint density at radius 2 is 2.17 bits per heavy atom. The number of fused-ring (bicyclic) bond motifs is 1. The van der Waals surface area contributed by atoms with Gasteiger partial charge >= 0.3 is 0 Å². The summed E-state index contributed by atoms with van der Waals surface area (Å²) in [5.74, 6) is 0.814. The number of hydrogen-bond donors (Lipinski definition) is 0. The van der Waals surface area contributed by atoms with Crippen molar-refractivity contribution in [3.63, 3.8) is 0 Å². The molecule has 1 atom stereocenters. The molecule has 0 saturated heterocycles. The second kappa shape index (κ2) is 4.62. The summed E-state index contributed by atoms with van der Waals surface area (Å²) in [6.45, 7) is 0.260. The Kier molecular flexibility index (Phi) is 3.31. The smallest absolute Gasteiger partial charge is 0.147 e. The van der Waals surface area contributed by atoms with E-state index in [2.05, 4.69) is 6.07 Å². The molecule has 0 fully saturated rings. The summed E-state index contributed by atoms with van der Waals surface area (Å²) < 4.78 is 28.0. The Balaban J connectivity index is 2.20. The maximum Gasteiger partial charge on any atom is 0.147 e. The highest BCUT2D eigenvalue weighted by Gasteiger charge is 2.36. The van der Waals surface area contributed by atoms with Crippen LogP contribution >= 0.6 is 0 Å². The number of sulfone groups is 1. The van der Waals surface area contributed by atoms with E-state index < -0.39 is 15.3 Å². The maximum absolute atomic E-state index is 11.2. The minimum absolute atomic E-state index is 0.0199. The summed E-state index contributed by atoms with van der Waals surface area (Å²) in [5.41, 5.74) is 0.246. The lowest BCUT2D eigenvalue weighted by Gasteiger charge is -2.32. The Labute approximate surface area is 107 Å². The van der Waals surface area contributed by atoms with Crippen molar-refractivity contribution < 1.29 is 13.2 Å². The first-order chi connectivity index (χ1) is 8.44. The van der Waals surface area contributed by atoms with Crippen molar-refractivity contribution in [1.82, 2.24) is 0 Å². The minimum atomic E-state index is -3.06. The summed E-state index contributed by atoms with van der Waals surface area (Å²) >= 11 is 0. The van der Waals surface area contributed by atoms with E-state index in [0.29, 0.717) is 12.8 Å². The van der Waals surface area contributed by atoms with Crippen LogP contribution in [-0.2, 0) is 16.3 Å². The molecule has 2 rings (SSSR count). The van der Waals surface area contributed by atoms with Gasteiger partial charge in [-0.3, -0.25) is 0 Å². The highest BCUT2D eigenvalue weighted by molar-refractivity contribution is 7.90. The van der Waals surface area contributed by atoms with Crippen LogP contribution in [0.1, 0.15) is 12.0 Å². The number of hydrogen-bond acceptors (Lipinski definition) is 4. The predicted octanol–water partition coefficient (Wildman–Crippen LogP) is 1.57. The zero-order valence-corrected chi connectivity index (χ0v) is 11.0. The van der Waals surface area contributed by atoms with Crippen LogP contribution in [-0.4, -0.2) is 27.0 Å². The summed E-state index contributed by atoms with van der Waals surface area (Å²) in [7, 11) is -3.06. The summed E-state index contributed by atoms with van der Waals surface area (Å²) in [6.07, 6.45) is 2.06. The van der Waals surface area contributed by atoms with E-state index in [9.17, 15) is 13.7 Å². The molecule has 1 aliphatic rings. The topological polar surface area (TPSA) is 67.2 Å². The van der Waals surface area contributed by atoms with E-state index in [4.69, 9.17) is 4.74 Å². The standard InChI is InChI=1S/C13H15NO3S/c1-18(15,16)7-6-13(9-14)8-11-4-2-3-5-12(11)17-10-13/h2-5H,6-8,10H2,1H3. The first-order valence-corrected chi connectivity index (χ1v) is 7.80. The lowest BCUT2D eigenvalue weighted by Crippen LogP contribution is -2.35. The molecular formula is C13H15NO3S. The highest BCUT2D eigenvalue weighted by atomic mass is 32.2. The van der Waals surface area contributed by atoms with Crippen LogP contribution in [0.4, 0.5) is 0 Å². The van der Waals surface area contributed by atoms with Crippen molar-refractivity contribution >= 4 is 9.84 Å². The van der Waals surface area contributed by atoms with Gasteiger partial charge in [-0.2, -0.15) is 5.26 Å². The normalized spacial score (nSPS) is 22.7. The van der Waals surface area contributed by atoms with Crippen LogP contribution in [0.5, 0.6) is 5.75 Å². The zero-order chi connectivity index (χ0) is 13.2. The lowest BCUT2D eigenvalue weighted by molar-refractivity contribution is 0.166. The van der Waals surface area contributed by atoms with E-state index in [-0.39, 0.29) is 12.4 Å². The molecule has 0 spiro atoms. The van der Waals surface area contributed by atoms with Gasteiger partial charge in [0.2, 0.25) is 0 Å². The summed E-state index contributed by atoms with van der Waals surface area (Å²) in [6, 6.07) is 9.81. The average molecular weight is 265 g/mol. The van der Waals surface area contributed by atoms with Crippen LogP contribution < -0.4 is 4.74 Å². The van der Waals surface area contributed by atoms with Gasteiger partial charge < -0.3 is 4.74 Å². The monoisotopic (exact) mass is 265 g/mol. The number of nitrogens with zero attached hydrogens (tertiary/aromatic N) is 1. The molecule has 0 aliphatic carbocycles. The molecule has 1 heterocycles. The van der Waals surface area contributed by atoms with Gasteiger partial charge in [0.1, 0.15) is 22.2 Å². The highest BCUT2D eigenvalue weighted by Crippen LogP contribution is 2.36. The first-order valence-electron chi connectivity index (χ1n) is 5.74. The van der Waals surface area contributed by atoms with Gasteiger partial charge in [-0.1, -0.05) is 18.2 Å². The van der Waals surface area contributed by atoms with Crippen molar-refractivity contribution in [2.75, 3.05) is 18.6 Å². The SMILES string of the molecule is CS(=O)(=O)CCC1(C#N)COc2ccccc2C1. The van der Waals surface area contributed by atoms with Crippen LogP contribution in [0.2, 0.25) is 0 Å². The predicted molar refractivity (Wildman–Crippen MR) is 68.0 cm³/mol. The molecule has 18 heavy (non-hydrogen) atoms. The molecule has 0 radical (unpaired) electrons. The summed E-state index contributed by atoms with van der Waals surface area (Å²) in [5, 5.41) is 9.34. The third-order valence-corrected chi connectivity index (χ3v) is 4.14. The molecule has 0 N–H and O–H groups in total. The van der Waals surface area contributed by atoms with Crippen molar-refractivity contribution in [2.24, 2.45) is 5.41 Å². The average Bonchev–Trinajstić information content (AvgIpc) is 2.35. The number of para-hydroxylation sites is 1. The van der Waals surface area contributed by atoms with Gasteiger partial charge in [0, 0.05) is 6.26 Å². The Morgan fingerprint density at radius 3 is 2.83 bits per heavy atom. The van der Waals surface area contributed by atoms with Gasteiger partial charge in [-0.15, -0.1) is 0 Å². The largest absolute Gasteiger partial charge is 0.492 e. The van der Waals surface area contributed by atoms with Crippen LogP contribution in [0.3, 0.4) is 0 Å². The molecule has 0 saturated carbocycles. The van der Waals surface area contributed by atoms with Crippen molar-refractivity contribution in [2.45, 2.75) is 12.8 Å². The number of rotatable bonds is 3. The van der Waals surface area contributed by atoms with Crippen LogP contribution in [0, 0.1) is 16.7 Å². The fourth-order valence-electron chi connectivity index (χ4n) is 2.09. The van der Waals surface area contributed by atoms with E-state index in [1.54, 1.807) is 0 Å². The van der Waals surface area contributed by atoms with E-state index in [0.717, 1.165) is 11.3 Å². The molecule has 5 heteroatoms. The molecule has 96 valence electrons. The van der Waals surface area contributed by atoms with Gasteiger partial charge in [0.15, 0.2) is 0 Å². The maximum atomic E-state index is 11.2. The van der Waals surface area contributed by atoms with Crippen molar-refractivity contribution in [3.05, 3.63) is 29.8 Å². The molecule has 4 nitrogen and oxygen atoms in total. The molecule has 0 bridgehead atoms. The first kappa shape index (κ1) is 12.9.